The fraction of sp³-hybridized carbons (Fsp3) is 0.636. The maximum Gasteiger partial charge on any atom is 0.0923 e. The molecule has 27 heavy (non-hydrogen) atoms. The van der Waals surface area contributed by atoms with E-state index in [-0.39, 0.29) is 12.1 Å². The number of benzene rings is 1. The Morgan fingerprint density at radius 1 is 1.11 bits per heavy atom. The van der Waals surface area contributed by atoms with Crippen LogP contribution in [0.5, 0.6) is 0 Å². The number of likely N-dealkylation sites (tertiary alicyclic amines) is 1. The van der Waals surface area contributed by atoms with Crippen molar-refractivity contribution in [2.75, 3.05) is 13.1 Å². The predicted molar refractivity (Wildman–Crippen MR) is 107 cm³/mol. The lowest BCUT2D eigenvalue weighted by Gasteiger charge is -2.42. The first-order valence-corrected chi connectivity index (χ1v) is 10.6. The zero-order valence-corrected chi connectivity index (χ0v) is 16.4. The zero-order chi connectivity index (χ0) is 18.6. The fourth-order valence-electron chi connectivity index (χ4n) is 4.31. The summed E-state index contributed by atoms with van der Waals surface area (Å²) in [6, 6.07) is 10.9. The fourth-order valence-corrected chi connectivity index (χ4v) is 4.31. The second kappa shape index (κ2) is 8.53. The SMILES string of the molecule is CCCCCCN1C[C@@H](n2cc(C3CC3)nn2)[C@H](O)C[C@@H]1c1ccccc1. The van der Waals surface area contributed by atoms with Gasteiger partial charge in [0.05, 0.1) is 17.8 Å². The van der Waals surface area contributed by atoms with Crippen molar-refractivity contribution in [3.05, 3.63) is 47.8 Å². The van der Waals surface area contributed by atoms with Gasteiger partial charge in [-0.3, -0.25) is 4.90 Å². The Balaban J connectivity index is 1.50. The highest BCUT2D eigenvalue weighted by Gasteiger charge is 2.37. The molecule has 1 saturated heterocycles. The molecule has 3 atom stereocenters. The van der Waals surface area contributed by atoms with Crippen LogP contribution in [-0.4, -0.2) is 44.2 Å². The average Bonchev–Trinajstić information content (AvgIpc) is 3.44. The lowest BCUT2D eigenvalue weighted by atomic mass is 9.90. The molecule has 0 unspecified atom stereocenters. The second-order valence-corrected chi connectivity index (χ2v) is 8.25. The van der Waals surface area contributed by atoms with Gasteiger partial charge in [0.2, 0.25) is 0 Å². The molecular formula is C22H32N4O. The van der Waals surface area contributed by atoms with Crippen molar-refractivity contribution in [2.24, 2.45) is 0 Å². The number of hydrogen-bond acceptors (Lipinski definition) is 4. The molecule has 2 heterocycles. The number of piperidine rings is 1. The van der Waals surface area contributed by atoms with Crippen LogP contribution in [0.2, 0.25) is 0 Å². The Bertz CT molecular complexity index is 712. The van der Waals surface area contributed by atoms with Gasteiger partial charge in [-0.05, 0) is 37.8 Å². The molecule has 1 aliphatic heterocycles. The normalized spacial score (nSPS) is 26.4. The van der Waals surface area contributed by atoms with Crippen molar-refractivity contribution in [3.8, 4) is 0 Å². The van der Waals surface area contributed by atoms with E-state index in [1.807, 2.05) is 4.68 Å². The van der Waals surface area contributed by atoms with Crippen molar-refractivity contribution in [1.29, 1.82) is 0 Å². The molecular weight excluding hydrogens is 336 g/mol. The molecule has 1 saturated carbocycles. The van der Waals surface area contributed by atoms with Gasteiger partial charge in [0.1, 0.15) is 0 Å². The Morgan fingerprint density at radius 2 is 1.93 bits per heavy atom. The number of nitrogens with zero attached hydrogens (tertiary/aromatic N) is 4. The molecule has 0 radical (unpaired) electrons. The lowest BCUT2D eigenvalue weighted by Crippen LogP contribution is -2.46. The van der Waals surface area contributed by atoms with Gasteiger partial charge in [-0.15, -0.1) is 5.10 Å². The summed E-state index contributed by atoms with van der Waals surface area (Å²) >= 11 is 0. The molecule has 1 aromatic carbocycles. The third kappa shape index (κ3) is 4.41. The minimum Gasteiger partial charge on any atom is -0.391 e. The molecule has 2 aliphatic rings. The van der Waals surface area contributed by atoms with E-state index < -0.39 is 6.10 Å². The molecule has 0 amide bonds. The summed E-state index contributed by atoms with van der Waals surface area (Å²) in [5.41, 5.74) is 2.41. The largest absolute Gasteiger partial charge is 0.391 e. The Morgan fingerprint density at radius 3 is 2.67 bits per heavy atom. The second-order valence-electron chi connectivity index (χ2n) is 8.25. The van der Waals surface area contributed by atoms with Crippen LogP contribution < -0.4 is 0 Å². The molecule has 4 rings (SSSR count). The van der Waals surface area contributed by atoms with E-state index in [4.69, 9.17) is 0 Å². The van der Waals surface area contributed by atoms with Gasteiger partial charge < -0.3 is 5.11 Å². The third-order valence-electron chi connectivity index (χ3n) is 6.12. The quantitative estimate of drug-likeness (QED) is 0.713. The van der Waals surface area contributed by atoms with Crippen LogP contribution in [0.25, 0.3) is 0 Å². The Kier molecular flexibility index (Phi) is 5.89. The zero-order valence-electron chi connectivity index (χ0n) is 16.4. The van der Waals surface area contributed by atoms with Crippen molar-refractivity contribution >= 4 is 0 Å². The molecule has 1 N–H and O–H groups in total. The van der Waals surface area contributed by atoms with Gasteiger partial charge in [0, 0.05) is 24.7 Å². The standard InChI is InChI=1S/C22H32N4O/c1-2-3-4-8-13-25-16-21(26-15-19(23-24-26)17-11-12-17)22(27)14-20(25)18-9-6-5-7-10-18/h5-7,9-10,15,17,20-22,27H,2-4,8,11-14,16H2,1H3/t20-,21-,22-/m1/s1. The van der Waals surface area contributed by atoms with Crippen LogP contribution in [0.15, 0.2) is 36.5 Å². The summed E-state index contributed by atoms with van der Waals surface area (Å²) in [5, 5.41) is 19.7. The monoisotopic (exact) mass is 368 g/mol. The minimum atomic E-state index is -0.393. The third-order valence-corrected chi connectivity index (χ3v) is 6.12. The Hall–Kier alpha value is -1.72. The van der Waals surface area contributed by atoms with Crippen LogP contribution >= 0.6 is 0 Å². The summed E-state index contributed by atoms with van der Waals surface area (Å²) in [5.74, 6) is 0.599. The highest BCUT2D eigenvalue weighted by atomic mass is 16.3. The summed E-state index contributed by atoms with van der Waals surface area (Å²) < 4.78 is 1.93. The van der Waals surface area contributed by atoms with Gasteiger partial charge >= 0.3 is 0 Å². The van der Waals surface area contributed by atoms with E-state index in [0.29, 0.717) is 5.92 Å². The topological polar surface area (TPSA) is 54.2 Å². The van der Waals surface area contributed by atoms with E-state index in [9.17, 15) is 5.11 Å². The van der Waals surface area contributed by atoms with Gasteiger partial charge in [-0.2, -0.15) is 0 Å². The van der Waals surface area contributed by atoms with Crippen LogP contribution in [0, 0.1) is 0 Å². The highest BCUT2D eigenvalue weighted by molar-refractivity contribution is 5.20. The Labute approximate surface area is 162 Å². The van der Waals surface area contributed by atoms with Crippen LogP contribution in [0.3, 0.4) is 0 Å². The van der Waals surface area contributed by atoms with E-state index in [1.54, 1.807) is 0 Å². The minimum absolute atomic E-state index is 0.00358. The molecule has 2 aromatic rings. The predicted octanol–water partition coefficient (Wildman–Crippen LogP) is 4.08. The number of aliphatic hydroxyl groups is 1. The number of unbranched alkanes of at least 4 members (excludes halogenated alkanes) is 3. The van der Waals surface area contributed by atoms with Gasteiger partial charge in [0.15, 0.2) is 0 Å². The summed E-state index contributed by atoms with van der Waals surface area (Å²) in [7, 11) is 0. The molecule has 1 aromatic heterocycles. The molecule has 0 bridgehead atoms. The highest BCUT2D eigenvalue weighted by Crippen LogP contribution is 2.40. The first kappa shape index (κ1) is 18.6. The number of aliphatic hydroxyl groups excluding tert-OH is 1. The van der Waals surface area contributed by atoms with Crippen molar-refractivity contribution in [2.45, 2.75) is 76.0 Å². The molecule has 5 heteroatoms. The van der Waals surface area contributed by atoms with E-state index in [2.05, 4.69) is 58.7 Å². The molecule has 146 valence electrons. The molecule has 1 aliphatic carbocycles. The maximum atomic E-state index is 10.9. The summed E-state index contributed by atoms with van der Waals surface area (Å²) in [6.07, 6.45) is 9.93. The van der Waals surface area contributed by atoms with Crippen molar-refractivity contribution < 1.29 is 5.11 Å². The van der Waals surface area contributed by atoms with Gasteiger partial charge in [-0.25, -0.2) is 4.68 Å². The van der Waals surface area contributed by atoms with Crippen LogP contribution in [0.4, 0.5) is 0 Å². The summed E-state index contributed by atoms with van der Waals surface area (Å²) in [4.78, 5) is 2.56. The average molecular weight is 369 g/mol. The van der Waals surface area contributed by atoms with Crippen LogP contribution in [-0.2, 0) is 0 Å². The summed E-state index contributed by atoms with van der Waals surface area (Å²) in [6.45, 7) is 4.16. The maximum absolute atomic E-state index is 10.9. The van der Waals surface area contributed by atoms with E-state index in [1.165, 1.54) is 44.1 Å². The first-order chi connectivity index (χ1) is 13.3. The molecule has 0 spiro atoms. The lowest BCUT2D eigenvalue weighted by molar-refractivity contribution is -0.00775. The smallest absolute Gasteiger partial charge is 0.0923 e. The molecule has 5 nitrogen and oxygen atoms in total. The van der Waals surface area contributed by atoms with Crippen molar-refractivity contribution in [3.63, 3.8) is 0 Å². The number of hydrogen-bond donors (Lipinski definition) is 1. The van der Waals surface area contributed by atoms with Gasteiger partial charge in [-0.1, -0.05) is 61.7 Å². The first-order valence-electron chi connectivity index (χ1n) is 10.6. The number of aromatic nitrogens is 3. The van der Waals surface area contributed by atoms with Crippen LogP contribution in [0.1, 0.15) is 81.1 Å². The van der Waals surface area contributed by atoms with E-state index in [0.717, 1.165) is 25.2 Å². The van der Waals surface area contributed by atoms with Gasteiger partial charge in [0.25, 0.3) is 0 Å². The molecule has 2 fully saturated rings. The number of rotatable bonds is 8. The van der Waals surface area contributed by atoms with E-state index >= 15 is 0 Å². The van der Waals surface area contributed by atoms with Crippen molar-refractivity contribution in [1.82, 2.24) is 19.9 Å².